The fraction of sp³-hybridized carbons (Fsp3) is 0.500. The molecular weight excluding hydrogens is 234 g/mol. The number of pyridine rings is 1. The molecule has 1 amide bonds. The molecule has 0 bridgehead atoms. The molecule has 0 unspecified atom stereocenters. The van der Waals surface area contributed by atoms with Crippen LogP contribution >= 0.6 is 0 Å². The standard InChI is InChI=1S/C12H17N3O3/c16-11-2-1-10(7-13-11)8-14-12(17)9-15-3-5-18-6-4-15/h1-2,7H,3-6,8-9H2,(H,13,16)(H,14,17). The molecule has 0 saturated carbocycles. The molecule has 0 aliphatic carbocycles. The molecule has 1 saturated heterocycles. The fourth-order valence-electron chi connectivity index (χ4n) is 1.77. The second-order valence-corrected chi connectivity index (χ2v) is 4.23. The number of nitrogens with one attached hydrogen (secondary N) is 2. The zero-order valence-electron chi connectivity index (χ0n) is 10.1. The van der Waals surface area contributed by atoms with Crippen molar-refractivity contribution in [1.82, 2.24) is 15.2 Å². The van der Waals surface area contributed by atoms with Gasteiger partial charge in [-0.15, -0.1) is 0 Å². The smallest absolute Gasteiger partial charge is 0.247 e. The van der Waals surface area contributed by atoms with Gasteiger partial charge in [-0.05, 0) is 5.56 Å². The number of aromatic nitrogens is 1. The quantitative estimate of drug-likeness (QED) is 0.744. The lowest BCUT2D eigenvalue weighted by Gasteiger charge is -2.25. The maximum atomic E-state index is 11.7. The van der Waals surface area contributed by atoms with Gasteiger partial charge < -0.3 is 15.0 Å². The van der Waals surface area contributed by atoms with Crippen molar-refractivity contribution in [3.05, 3.63) is 34.2 Å². The van der Waals surface area contributed by atoms with Crippen molar-refractivity contribution in [2.24, 2.45) is 0 Å². The highest BCUT2D eigenvalue weighted by molar-refractivity contribution is 5.78. The average molecular weight is 251 g/mol. The molecule has 1 aliphatic rings. The number of hydrogen-bond acceptors (Lipinski definition) is 4. The number of hydrogen-bond donors (Lipinski definition) is 2. The van der Waals surface area contributed by atoms with E-state index in [-0.39, 0.29) is 11.5 Å². The van der Waals surface area contributed by atoms with E-state index >= 15 is 0 Å². The number of morpholine rings is 1. The van der Waals surface area contributed by atoms with Gasteiger partial charge in [0, 0.05) is 31.9 Å². The van der Waals surface area contributed by atoms with E-state index in [4.69, 9.17) is 4.74 Å². The molecule has 1 fully saturated rings. The Morgan fingerprint density at radius 2 is 2.17 bits per heavy atom. The minimum Gasteiger partial charge on any atom is -0.379 e. The lowest BCUT2D eigenvalue weighted by atomic mass is 10.3. The van der Waals surface area contributed by atoms with Crippen LogP contribution < -0.4 is 10.9 Å². The first-order valence-electron chi connectivity index (χ1n) is 5.98. The number of H-pyrrole nitrogens is 1. The molecule has 1 aliphatic heterocycles. The van der Waals surface area contributed by atoms with Gasteiger partial charge in [0.15, 0.2) is 0 Å². The van der Waals surface area contributed by atoms with Gasteiger partial charge in [-0.3, -0.25) is 14.5 Å². The van der Waals surface area contributed by atoms with Crippen molar-refractivity contribution in [2.45, 2.75) is 6.54 Å². The third-order valence-corrected chi connectivity index (χ3v) is 2.81. The van der Waals surface area contributed by atoms with Crippen LogP contribution in [0.3, 0.4) is 0 Å². The van der Waals surface area contributed by atoms with Crippen molar-refractivity contribution < 1.29 is 9.53 Å². The van der Waals surface area contributed by atoms with E-state index in [1.165, 1.54) is 6.07 Å². The largest absolute Gasteiger partial charge is 0.379 e. The Labute approximate surface area is 105 Å². The van der Waals surface area contributed by atoms with Crippen molar-refractivity contribution in [2.75, 3.05) is 32.8 Å². The third-order valence-electron chi connectivity index (χ3n) is 2.81. The summed E-state index contributed by atoms with van der Waals surface area (Å²) in [5.74, 6) is -0.0110. The van der Waals surface area contributed by atoms with Gasteiger partial charge in [-0.25, -0.2) is 0 Å². The molecule has 98 valence electrons. The van der Waals surface area contributed by atoms with Gasteiger partial charge in [0.1, 0.15) is 0 Å². The van der Waals surface area contributed by atoms with E-state index in [0.29, 0.717) is 26.3 Å². The number of nitrogens with zero attached hydrogens (tertiary/aromatic N) is 1. The first kappa shape index (κ1) is 12.8. The van der Waals surface area contributed by atoms with E-state index in [1.807, 2.05) is 0 Å². The molecule has 2 rings (SSSR count). The lowest BCUT2D eigenvalue weighted by molar-refractivity contribution is -0.123. The summed E-state index contributed by atoms with van der Waals surface area (Å²) in [4.78, 5) is 27.2. The van der Waals surface area contributed by atoms with Crippen molar-refractivity contribution >= 4 is 5.91 Å². The van der Waals surface area contributed by atoms with Crippen LogP contribution in [0.15, 0.2) is 23.1 Å². The average Bonchev–Trinajstić information content (AvgIpc) is 2.39. The van der Waals surface area contributed by atoms with Crippen LogP contribution in [0.1, 0.15) is 5.56 Å². The summed E-state index contributed by atoms with van der Waals surface area (Å²) in [5, 5.41) is 2.82. The number of aromatic amines is 1. The van der Waals surface area contributed by atoms with Gasteiger partial charge >= 0.3 is 0 Å². The van der Waals surface area contributed by atoms with Crippen LogP contribution in [0.2, 0.25) is 0 Å². The van der Waals surface area contributed by atoms with Gasteiger partial charge in [0.25, 0.3) is 0 Å². The van der Waals surface area contributed by atoms with E-state index in [0.717, 1.165) is 18.7 Å². The molecule has 0 atom stereocenters. The molecule has 6 heteroatoms. The lowest BCUT2D eigenvalue weighted by Crippen LogP contribution is -2.43. The van der Waals surface area contributed by atoms with Crippen LogP contribution in [0.25, 0.3) is 0 Å². The van der Waals surface area contributed by atoms with Crippen LogP contribution in [-0.4, -0.2) is 48.6 Å². The molecule has 18 heavy (non-hydrogen) atoms. The molecule has 2 heterocycles. The molecule has 2 N–H and O–H groups in total. The summed E-state index contributed by atoms with van der Waals surface area (Å²) in [6, 6.07) is 3.15. The van der Waals surface area contributed by atoms with Gasteiger partial charge in [0.2, 0.25) is 11.5 Å². The van der Waals surface area contributed by atoms with E-state index in [2.05, 4.69) is 15.2 Å². The Bertz CT molecular complexity index is 432. The maximum absolute atomic E-state index is 11.7. The molecule has 0 spiro atoms. The topological polar surface area (TPSA) is 74.4 Å². The summed E-state index contributed by atoms with van der Waals surface area (Å²) in [7, 11) is 0. The maximum Gasteiger partial charge on any atom is 0.247 e. The summed E-state index contributed by atoms with van der Waals surface area (Å²) in [5.41, 5.74) is 0.739. The van der Waals surface area contributed by atoms with Crippen LogP contribution in [-0.2, 0) is 16.1 Å². The van der Waals surface area contributed by atoms with Gasteiger partial charge in [-0.1, -0.05) is 6.07 Å². The summed E-state index contributed by atoms with van der Waals surface area (Å²) < 4.78 is 5.21. The summed E-state index contributed by atoms with van der Waals surface area (Å²) >= 11 is 0. The van der Waals surface area contributed by atoms with Crippen LogP contribution in [0, 0.1) is 0 Å². The van der Waals surface area contributed by atoms with Crippen molar-refractivity contribution in [3.63, 3.8) is 0 Å². The van der Waals surface area contributed by atoms with Crippen molar-refractivity contribution in [1.29, 1.82) is 0 Å². The highest BCUT2D eigenvalue weighted by atomic mass is 16.5. The van der Waals surface area contributed by atoms with Gasteiger partial charge in [0.05, 0.1) is 19.8 Å². The molecule has 0 aromatic carbocycles. The third kappa shape index (κ3) is 3.97. The highest BCUT2D eigenvalue weighted by Crippen LogP contribution is 1.96. The van der Waals surface area contributed by atoms with E-state index in [1.54, 1.807) is 12.3 Å². The monoisotopic (exact) mass is 251 g/mol. The number of ether oxygens (including phenoxy) is 1. The number of carbonyl (C=O) groups is 1. The Morgan fingerprint density at radius 1 is 1.39 bits per heavy atom. The zero-order valence-corrected chi connectivity index (χ0v) is 10.1. The minimum atomic E-state index is -0.140. The number of amides is 1. The predicted molar refractivity (Wildman–Crippen MR) is 66.2 cm³/mol. The predicted octanol–water partition coefficient (Wildman–Crippen LogP) is -0.677. The number of carbonyl (C=O) groups excluding carboxylic acids is 1. The second kappa shape index (κ2) is 6.32. The summed E-state index contributed by atoms with van der Waals surface area (Å²) in [6.07, 6.45) is 1.61. The summed E-state index contributed by atoms with van der Waals surface area (Å²) in [6.45, 7) is 3.80. The van der Waals surface area contributed by atoms with E-state index in [9.17, 15) is 9.59 Å². The SMILES string of the molecule is O=C(CN1CCOCC1)NCc1ccc(=O)[nH]c1. The molecule has 1 aromatic heterocycles. The first-order chi connectivity index (χ1) is 8.74. The van der Waals surface area contributed by atoms with Crippen LogP contribution in [0.5, 0.6) is 0 Å². The normalized spacial score (nSPS) is 16.4. The Kier molecular flexibility index (Phi) is 4.49. The molecule has 0 radical (unpaired) electrons. The zero-order chi connectivity index (χ0) is 12.8. The molecule has 6 nitrogen and oxygen atoms in total. The minimum absolute atomic E-state index is 0.0110. The molecule has 1 aromatic rings. The first-order valence-corrected chi connectivity index (χ1v) is 5.98. The van der Waals surface area contributed by atoms with Crippen molar-refractivity contribution in [3.8, 4) is 0 Å². The Balaban J connectivity index is 1.74. The Hall–Kier alpha value is -1.66. The Morgan fingerprint density at radius 3 is 2.83 bits per heavy atom. The second-order valence-electron chi connectivity index (χ2n) is 4.23. The molecular formula is C12H17N3O3. The fourth-order valence-corrected chi connectivity index (χ4v) is 1.77. The highest BCUT2D eigenvalue weighted by Gasteiger charge is 2.13. The van der Waals surface area contributed by atoms with E-state index < -0.39 is 0 Å². The number of rotatable bonds is 4. The van der Waals surface area contributed by atoms with Gasteiger partial charge in [-0.2, -0.15) is 0 Å². The van der Waals surface area contributed by atoms with Crippen LogP contribution in [0.4, 0.5) is 0 Å².